The number of amides is 1. The molecule has 1 amide bonds. The molecule has 1 aliphatic heterocycles. The van der Waals surface area contributed by atoms with Gasteiger partial charge in [-0.25, -0.2) is 4.79 Å². The third kappa shape index (κ3) is 4.18. The molecule has 0 saturated carbocycles. The largest absolute Gasteiger partial charge is 0.507 e. The van der Waals surface area contributed by atoms with Crippen molar-refractivity contribution in [3.8, 4) is 0 Å². The molecule has 1 fully saturated rings. The molecule has 32 heavy (non-hydrogen) atoms. The Balaban J connectivity index is 2.18. The van der Waals surface area contributed by atoms with Crippen LogP contribution in [-0.4, -0.2) is 71.3 Å². The van der Waals surface area contributed by atoms with Gasteiger partial charge in [-0.3, -0.25) is 9.59 Å². The predicted molar refractivity (Wildman–Crippen MR) is 120 cm³/mol. The molecule has 3 rings (SSSR count). The summed E-state index contributed by atoms with van der Waals surface area (Å²) in [4.78, 5) is 44.7. The predicted octanol–water partition coefficient (Wildman–Crippen LogP) is 2.79. The Labute approximate surface area is 187 Å². The van der Waals surface area contributed by atoms with E-state index in [1.165, 1.54) is 4.90 Å². The van der Waals surface area contributed by atoms with Crippen LogP contribution in [0.15, 0.2) is 35.9 Å². The van der Waals surface area contributed by atoms with E-state index in [1.807, 2.05) is 49.3 Å². The van der Waals surface area contributed by atoms with Gasteiger partial charge in [0.25, 0.3) is 11.7 Å². The summed E-state index contributed by atoms with van der Waals surface area (Å²) in [6.45, 7) is 6.18. The number of esters is 1. The Morgan fingerprint density at radius 3 is 2.44 bits per heavy atom. The van der Waals surface area contributed by atoms with Crippen LogP contribution in [0.3, 0.4) is 0 Å². The van der Waals surface area contributed by atoms with Crippen LogP contribution in [0.4, 0.5) is 0 Å². The third-order valence-corrected chi connectivity index (χ3v) is 5.60. The number of aryl methyl sites for hydroxylation is 1. The number of aromatic amines is 1. The molecule has 1 unspecified atom stereocenters. The van der Waals surface area contributed by atoms with E-state index in [2.05, 4.69) is 4.98 Å². The number of nitrogens with zero attached hydrogens (tertiary/aromatic N) is 2. The molecule has 2 aromatic rings. The summed E-state index contributed by atoms with van der Waals surface area (Å²) in [6, 6.07) is 8.43. The van der Waals surface area contributed by atoms with E-state index in [0.717, 1.165) is 5.56 Å². The summed E-state index contributed by atoms with van der Waals surface area (Å²) in [6.07, 6.45) is 0. The molecular weight excluding hydrogens is 410 g/mol. The number of ether oxygens (including phenoxy) is 1. The zero-order chi connectivity index (χ0) is 23.6. The molecule has 1 aromatic carbocycles. The number of likely N-dealkylation sites (tertiary alicyclic amines) is 1. The Bertz CT molecular complexity index is 1070. The average molecular weight is 440 g/mol. The standard InChI is InChI=1S/C24H29N3O5/c1-6-32-24(31)19-14(2)17(15(3)25-19)21(28)18-20(16-10-8-7-9-11-16)27(13-12-26(4)5)23(30)22(18)29/h7-11,20,25,28H,6,12-13H2,1-5H3/b21-18-. The molecular formula is C24H29N3O5. The van der Waals surface area contributed by atoms with Gasteiger partial charge >= 0.3 is 5.97 Å². The van der Waals surface area contributed by atoms with Crippen LogP contribution >= 0.6 is 0 Å². The van der Waals surface area contributed by atoms with Crippen molar-refractivity contribution in [2.45, 2.75) is 26.8 Å². The number of hydrogen-bond donors (Lipinski definition) is 2. The third-order valence-electron chi connectivity index (χ3n) is 5.60. The highest BCUT2D eigenvalue weighted by atomic mass is 16.5. The van der Waals surface area contributed by atoms with Gasteiger partial charge in [0.05, 0.1) is 18.2 Å². The van der Waals surface area contributed by atoms with Crippen LogP contribution in [0.1, 0.15) is 45.8 Å². The highest BCUT2D eigenvalue weighted by Crippen LogP contribution is 2.40. The molecule has 2 heterocycles. The number of aromatic nitrogens is 1. The molecule has 1 atom stereocenters. The lowest BCUT2D eigenvalue weighted by atomic mass is 9.94. The van der Waals surface area contributed by atoms with Gasteiger partial charge in [0.1, 0.15) is 11.5 Å². The quantitative estimate of drug-likeness (QED) is 0.298. The molecule has 170 valence electrons. The maximum Gasteiger partial charge on any atom is 0.355 e. The zero-order valence-electron chi connectivity index (χ0n) is 19.1. The van der Waals surface area contributed by atoms with Crippen molar-refractivity contribution in [2.24, 2.45) is 0 Å². The Morgan fingerprint density at radius 2 is 1.84 bits per heavy atom. The Hall–Kier alpha value is -3.39. The molecule has 0 aliphatic carbocycles. The molecule has 1 saturated heterocycles. The lowest BCUT2D eigenvalue weighted by Gasteiger charge is -2.26. The van der Waals surface area contributed by atoms with Crippen molar-refractivity contribution in [2.75, 3.05) is 33.8 Å². The van der Waals surface area contributed by atoms with Crippen molar-refractivity contribution in [1.29, 1.82) is 0 Å². The lowest BCUT2D eigenvalue weighted by molar-refractivity contribution is -0.140. The number of nitrogens with one attached hydrogen (secondary N) is 1. The van der Waals surface area contributed by atoms with Crippen LogP contribution in [-0.2, 0) is 14.3 Å². The van der Waals surface area contributed by atoms with Gasteiger partial charge in [-0.2, -0.15) is 0 Å². The van der Waals surface area contributed by atoms with Gasteiger partial charge in [-0.1, -0.05) is 30.3 Å². The van der Waals surface area contributed by atoms with E-state index in [1.54, 1.807) is 20.8 Å². The van der Waals surface area contributed by atoms with Crippen molar-refractivity contribution in [3.05, 3.63) is 64.0 Å². The Morgan fingerprint density at radius 1 is 1.19 bits per heavy atom. The fourth-order valence-corrected chi connectivity index (χ4v) is 4.05. The maximum atomic E-state index is 13.1. The average Bonchev–Trinajstić information content (AvgIpc) is 3.19. The fourth-order valence-electron chi connectivity index (χ4n) is 4.05. The first kappa shape index (κ1) is 23.3. The van der Waals surface area contributed by atoms with Crippen LogP contribution in [0.25, 0.3) is 5.76 Å². The second kappa shape index (κ2) is 9.40. The number of benzene rings is 1. The monoisotopic (exact) mass is 439 g/mol. The number of rotatable bonds is 7. The van der Waals surface area contributed by atoms with Crippen LogP contribution in [0.5, 0.6) is 0 Å². The van der Waals surface area contributed by atoms with E-state index in [9.17, 15) is 19.5 Å². The first-order valence-electron chi connectivity index (χ1n) is 10.5. The van der Waals surface area contributed by atoms with Crippen LogP contribution in [0, 0.1) is 13.8 Å². The number of ketones is 1. The van der Waals surface area contributed by atoms with E-state index < -0.39 is 23.7 Å². The van der Waals surface area contributed by atoms with Crippen LogP contribution < -0.4 is 0 Å². The number of hydrogen-bond acceptors (Lipinski definition) is 6. The number of H-pyrrole nitrogens is 1. The van der Waals surface area contributed by atoms with E-state index in [-0.39, 0.29) is 23.6 Å². The number of carbonyl (C=O) groups excluding carboxylic acids is 3. The highest BCUT2D eigenvalue weighted by Gasteiger charge is 2.46. The van der Waals surface area contributed by atoms with Gasteiger partial charge in [0.2, 0.25) is 0 Å². The molecule has 2 N–H and O–H groups in total. The first-order valence-corrected chi connectivity index (χ1v) is 10.5. The fraction of sp³-hybridized carbons (Fsp3) is 0.375. The molecule has 0 spiro atoms. The van der Waals surface area contributed by atoms with Crippen molar-refractivity contribution in [1.82, 2.24) is 14.8 Å². The summed E-state index contributed by atoms with van der Waals surface area (Å²) in [5, 5.41) is 11.3. The smallest absolute Gasteiger partial charge is 0.355 e. The molecule has 1 aromatic heterocycles. The normalized spacial score (nSPS) is 17.9. The van der Waals surface area contributed by atoms with Gasteiger partial charge in [0, 0.05) is 24.3 Å². The molecule has 8 heteroatoms. The van der Waals surface area contributed by atoms with Crippen molar-refractivity contribution < 1.29 is 24.2 Å². The molecule has 0 radical (unpaired) electrons. The topological polar surface area (TPSA) is 103 Å². The van der Waals surface area contributed by atoms with Crippen molar-refractivity contribution in [3.63, 3.8) is 0 Å². The summed E-state index contributed by atoms with van der Waals surface area (Å²) in [5.74, 6) is -2.24. The van der Waals surface area contributed by atoms with E-state index in [4.69, 9.17) is 4.74 Å². The molecule has 8 nitrogen and oxygen atoms in total. The summed E-state index contributed by atoms with van der Waals surface area (Å²) in [7, 11) is 3.77. The molecule has 1 aliphatic rings. The first-order chi connectivity index (χ1) is 15.2. The Kier molecular flexibility index (Phi) is 6.84. The number of likely N-dealkylation sites (N-methyl/N-ethyl adjacent to an activating group) is 1. The second-order valence-corrected chi connectivity index (χ2v) is 8.05. The minimum Gasteiger partial charge on any atom is -0.507 e. The SMILES string of the molecule is CCOC(=O)c1[nH]c(C)c(/C(O)=C2/C(=O)C(=O)N(CCN(C)C)C2c2ccccc2)c1C. The number of aliphatic hydroxyl groups excluding tert-OH is 1. The minimum atomic E-state index is -0.743. The highest BCUT2D eigenvalue weighted by molar-refractivity contribution is 6.46. The molecule has 0 bridgehead atoms. The van der Waals surface area contributed by atoms with Gasteiger partial charge in [0.15, 0.2) is 0 Å². The summed E-state index contributed by atoms with van der Waals surface area (Å²) >= 11 is 0. The number of Topliss-reactive ketones (excluding diaryl/α,β-unsaturated/α-hetero) is 1. The van der Waals surface area contributed by atoms with Crippen molar-refractivity contribution >= 4 is 23.4 Å². The maximum absolute atomic E-state index is 13.1. The summed E-state index contributed by atoms with van der Waals surface area (Å²) < 4.78 is 5.08. The summed E-state index contributed by atoms with van der Waals surface area (Å²) in [5.41, 5.74) is 2.26. The van der Waals surface area contributed by atoms with E-state index >= 15 is 0 Å². The minimum absolute atomic E-state index is 0.0144. The lowest BCUT2D eigenvalue weighted by Crippen LogP contribution is -2.35. The van der Waals surface area contributed by atoms with Gasteiger partial charge in [-0.05, 0) is 46.0 Å². The van der Waals surface area contributed by atoms with Crippen LogP contribution in [0.2, 0.25) is 0 Å². The second-order valence-electron chi connectivity index (χ2n) is 8.05. The van der Waals surface area contributed by atoms with Gasteiger partial charge in [-0.15, -0.1) is 0 Å². The zero-order valence-corrected chi connectivity index (χ0v) is 19.1. The van der Waals surface area contributed by atoms with E-state index in [0.29, 0.717) is 29.9 Å². The number of carbonyl (C=O) groups is 3. The van der Waals surface area contributed by atoms with Gasteiger partial charge < -0.3 is 24.6 Å². The number of aliphatic hydroxyl groups is 1.